The van der Waals surface area contributed by atoms with Crippen LogP contribution in [0.25, 0.3) is 11.1 Å². The molecule has 3 rings (SSSR count). The molecule has 0 aliphatic rings. The first-order valence-corrected chi connectivity index (χ1v) is 12.4. The van der Waals surface area contributed by atoms with Crippen LogP contribution in [0.5, 0.6) is 0 Å². The van der Waals surface area contributed by atoms with Gasteiger partial charge in [-0.2, -0.15) is 4.72 Å². The van der Waals surface area contributed by atoms with Crippen LogP contribution in [0.2, 0.25) is 5.02 Å². The molecule has 0 aliphatic heterocycles. The molecule has 0 spiro atoms. The molecule has 0 bridgehead atoms. The fourth-order valence-corrected chi connectivity index (χ4v) is 4.95. The quantitative estimate of drug-likeness (QED) is 0.370. The average molecular weight is 493 g/mol. The lowest BCUT2D eigenvalue weighted by molar-refractivity contribution is -0.139. The second kappa shape index (κ2) is 10.7. The van der Waals surface area contributed by atoms with E-state index in [2.05, 4.69) is 10.0 Å². The van der Waals surface area contributed by atoms with E-state index in [0.717, 1.165) is 11.1 Å². The Morgan fingerprint density at radius 2 is 1.62 bits per heavy atom. The predicted molar refractivity (Wildman–Crippen MR) is 125 cm³/mol. The van der Waals surface area contributed by atoms with Crippen molar-refractivity contribution < 1.29 is 23.1 Å². The number of carbonyl (C=O) groups is 2. The van der Waals surface area contributed by atoms with Gasteiger partial charge in [0, 0.05) is 11.6 Å². The maximum absolute atomic E-state index is 12.7. The summed E-state index contributed by atoms with van der Waals surface area (Å²) in [6.07, 6.45) is 0.328. The Bertz CT molecular complexity index is 1160. The van der Waals surface area contributed by atoms with Gasteiger partial charge < -0.3 is 10.4 Å². The van der Waals surface area contributed by atoms with Gasteiger partial charge in [0.25, 0.3) is 5.91 Å². The summed E-state index contributed by atoms with van der Waals surface area (Å²) in [6, 6.07) is 15.4. The van der Waals surface area contributed by atoms with E-state index in [-0.39, 0.29) is 23.8 Å². The molecule has 1 aromatic heterocycles. The molecule has 1 atom stereocenters. The maximum atomic E-state index is 12.7. The van der Waals surface area contributed by atoms with Gasteiger partial charge in [-0.3, -0.25) is 9.59 Å². The SMILES string of the molecule is O=C(NCCCC(NS(=O)(=O)c1ccc(-c2ccc(Cl)cc2)cc1)C(=O)O)c1cccs1. The van der Waals surface area contributed by atoms with Crippen LogP contribution < -0.4 is 10.0 Å². The molecule has 1 unspecified atom stereocenters. The lowest BCUT2D eigenvalue weighted by Gasteiger charge is -2.15. The smallest absolute Gasteiger partial charge is 0.321 e. The highest BCUT2D eigenvalue weighted by molar-refractivity contribution is 7.89. The highest BCUT2D eigenvalue weighted by Gasteiger charge is 2.25. The van der Waals surface area contributed by atoms with Gasteiger partial charge in [-0.05, 0) is 59.7 Å². The second-order valence-electron chi connectivity index (χ2n) is 6.92. The molecule has 10 heteroatoms. The molecule has 3 N–H and O–H groups in total. The number of hydrogen-bond acceptors (Lipinski definition) is 5. The third kappa shape index (κ3) is 6.39. The van der Waals surface area contributed by atoms with Gasteiger partial charge >= 0.3 is 5.97 Å². The number of nitrogens with one attached hydrogen (secondary N) is 2. The van der Waals surface area contributed by atoms with E-state index >= 15 is 0 Å². The number of sulfonamides is 1. The summed E-state index contributed by atoms with van der Waals surface area (Å²) in [6.45, 7) is 0.234. The van der Waals surface area contributed by atoms with Crippen molar-refractivity contribution in [3.63, 3.8) is 0 Å². The second-order valence-corrected chi connectivity index (χ2v) is 10.0. The monoisotopic (exact) mass is 492 g/mol. The normalized spacial score (nSPS) is 12.3. The first-order chi connectivity index (χ1) is 15.3. The molecule has 7 nitrogen and oxygen atoms in total. The summed E-state index contributed by atoms with van der Waals surface area (Å²) in [7, 11) is -4.04. The van der Waals surface area contributed by atoms with E-state index in [4.69, 9.17) is 11.6 Å². The molecule has 0 aliphatic carbocycles. The number of aliphatic carboxylic acids is 1. The topological polar surface area (TPSA) is 113 Å². The molecule has 168 valence electrons. The van der Waals surface area contributed by atoms with Crippen molar-refractivity contribution in [2.45, 2.75) is 23.8 Å². The summed E-state index contributed by atoms with van der Waals surface area (Å²) in [5.41, 5.74) is 1.68. The van der Waals surface area contributed by atoms with Crippen LogP contribution in [0.4, 0.5) is 0 Å². The van der Waals surface area contributed by atoms with Gasteiger partial charge in [-0.25, -0.2) is 8.42 Å². The van der Waals surface area contributed by atoms with Crippen LogP contribution in [0, 0.1) is 0 Å². The van der Waals surface area contributed by atoms with Crippen molar-refractivity contribution in [1.82, 2.24) is 10.0 Å². The molecule has 1 amide bonds. The average Bonchev–Trinajstić information content (AvgIpc) is 3.31. The number of amides is 1. The lowest BCUT2D eigenvalue weighted by Crippen LogP contribution is -2.41. The van der Waals surface area contributed by atoms with Crippen molar-refractivity contribution in [3.05, 3.63) is 75.9 Å². The Morgan fingerprint density at radius 3 is 2.19 bits per heavy atom. The van der Waals surface area contributed by atoms with Crippen molar-refractivity contribution in [2.24, 2.45) is 0 Å². The zero-order chi connectivity index (χ0) is 23.1. The van der Waals surface area contributed by atoms with Gasteiger partial charge in [-0.15, -0.1) is 11.3 Å². The zero-order valence-corrected chi connectivity index (χ0v) is 19.2. The van der Waals surface area contributed by atoms with E-state index in [0.29, 0.717) is 16.3 Å². The minimum absolute atomic E-state index is 0.0299. The number of thiophene rings is 1. The highest BCUT2D eigenvalue weighted by atomic mass is 35.5. The predicted octanol–water partition coefficient (Wildman–Crippen LogP) is 4.01. The molecule has 0 saturated carbocycles. The van der Waals surface area contributed by atoms with Crippen LogP contribution in [0.1, 0.15) is 22.5 Å². The number of carboxylic acid groups (broad SMARTS) is 1. The third-order valence-electron chi connectivity index (χ3n) is 4.64. The van der Waals surface area contributed by atoms with Crippen LogP contribution in [0.3, 0.4) is 0 Å². The van der Waals surface area contributed by atoms with Gasteiger partial charge in [0.05, 0.1) is 9.77 Å². The Hall–Kier alpha value is -2.72. The third-order valence-corrected chi connectivity index (χ3v) is 7.25. The summed E-state index contributed by atoms with van der Waals surface area (Å²) >= 11 is 7.19. The van der Waals surface area contributed by atoms with Crippen molar-refractivity contribution >= 4 is 44.8 Å². The molecular weight excluding hydrogens is 472 g/mol. The Morgan fingerprint density at radius 1 is 1.00 bits per heavy atom. The molecule has 0 radical (unpaired) electrons. The summed E-state index contributed by atoms with van der Waals surface area (Å²) in [4.78, 5) is 24.0. The first-order valence-electron chi connectivity index (χ1n) is 9.69. The number of hydrogen-bond donors (Lipinski definition) is 3. The molecule has 32 heavy (non-hydrogen) atoms. The molecule has 3 aromatic rings. The number of carbonyl (C=O) groups excluding carboxylic acids is 1. The molecular formula is C22H21ClN2O5S2. The van der Waals surface area contributed by atoms with Crippen LogP contribution in [-0.2, 0) is 14.8 Å². The first kappa shape index (κ1) is 23.9. The van der Waals surface area contributed by atoms with E-state index in [1.807, 2.05) is 12.1 Å². The Kier molecular flexibility index (Phi) is 8.03. The van der Waals surface area contributed by atoms with Crippen molar-refractivity contribution in [1.29, 1.82) is 0 Å². The Labute approximate surface area is 195 Å². The van der Waals surface area contributed by atoms with Crippen molar-refractivity contribution in [3.8, 4) is 11.1 Å². The largest absolute Gasteiger partial charge is 0.480 e. The Balaban J connectivity index is 1.59. The minimum Gasteiger partial charge on any atom is -0.480 e. The summed E-state index contributed by atoms with van der Waals surface area (Å²) in [5, 5.41) is 14.5. The van der Waals surface area contributed by atoms with Crippen LogP contribution in [-0.4, -0.2) is 38.0 Å². The van der Waals surface area contributed by atoms with Gasteiger partial charge in [0.1, 0.15) is 6.04 Å². The molecule has 2 aromatic carbocycles. The summed E-state index contributed by atoms with van der Waals surface area (Å²) < 4.78 is 27.6. The fraction of sp³-hybridized carbons (Fsp3) is 0.182. The summed E-state index contributed by atoms with van der Waals surface area (Å²) in [5.74, 6) is -1.52. The number of carboxylic acids is 1. The zero-order valence-electron chi connectivity index (χ0n) is 16.8. The standard InChI is InChI=1S/C22H21ClN2O5S2/c23-17-9-5-15(6-10-17)16-7-11-18(12-8-16)32(29,30)25-19(22(27)28)3-1-13-24-21(26)20-4-2-14-31-20/h2,4-12,14,19,25H,1,3,13H2,(H,24,26)(H,27,28). The fourth-order valence-electron chi connectivity index (χ4n) is 2.96. The van der Waals surface area contributed by atoms with E-state index in [9.17, 15) is 23.1 Å². The lowest BCUT2D eigenvalue weighted by atomic mass is 10.1. The molecule has 1 heterocycles. The van der Waals surface area contributed by atoms with E-state index in [1.54, 1.807) is 41.8 Å². The maximum Gasteiger partial charge on any atom is 0.321 e. The number of benzene rings is 2. The molecule has 0 saturated heterocycles. The van der Waals surface area contributed by atoms with Gasteiger partial charge in [0.2, 0.25) is 10.0 Å². The van der Waals surface area contributed by atoms with Gasteiger partial charge in [0.15, 0.2) is 0 Å². The van der Waals surface area contributed by atoms with E-state index in [1.165, 1.54) is 23.5 Å². The molecule has 0 fully saturated rings. The van der Waals surface area contributed by atoms with Gasteiger partial charge in [-0.1, -0.05) is 41.9 Å². The number of halogens is 1. The van der Waals surface area contributed by atoms with Crippen molar-refractivity contribution in [2.75, 3.05) is 6.54 Å². The minimum atomic E-state index is -4.04. The van der Waals surface area contributed by atoms with Crippen LogP contribution in [0.15, 0.2) is 70.9 Å². The van der Waals surface area contributed by atoms with E-state index < -0.39 is 22.0 Å². The highest BCUT2D eigenvalue weighted by Crippen LogP contribution is 2.23. The number of rotatable bonds is 10. The van der Waals surface area contributed by atoms with Crippen LogP contribution >= 0.6 is 22.9 Å².